The molecule has 0 fully saturated rings. The third kappa shape index (κ3) is 4.32. The molecule has 0 saturated carbocycles. The summed E-state index contributed by atoms with van der Waals surface area (Å²) < 4.78 is 0. The van der Waals surface area contributed by atoms with Crippen molar-refractivity contribution in [3.05, 3.63) is 36.0 Å². The average Bonchev–Trinajstić information content (AvgIpc) is 2.94. The number of H-pyrrole nitrogens is 1. The summed E-state index contributed by atoms with van der Waals surface area (Å²) >= 11 is 0. The largest absolute Gasteiger partial charge is 0.480 e. The molecule has 2 aromatic rings. The summed E-state index contributed by atoms with van der Waals surface area (Å²) in [5.41, 5.74) is 12.3. The molecule has 8 heteroatoms. The van der Waals surface area contributed by atoms with E-state index in [0.29, 0.717) is 0 Å². The van der Waals surface area contributed by atoms with Gasteiger partial charge in [0.2, 0.25) is 11.8 Å². The fourth-order valence-corrected chi connectivity index (χ4v) is 2.43. The number of hydrogen-bond donors (Lipinski definition) is 5. The van der Waals surface area contributed by atoms with Gasteiger partial charge in [-0.25, -0.2) is 4.79 Å². The topological polar surface area (TPSA) is 151 Å². The van der Waals surface area contributed by atoms with E-state index in [9.17, 15) is 19.5 Å². The van der Waals surface area contributed by atoms with E-state index in [1.54, 1.807) is 6.20 Å². The van der Waals surface area contributed by atoms with Gasteiger partial charge in [0.05, 0.1) is 6.04 Å². The van der Waals surface area contributed by atoms with E-state index in [1.165, 1.54) is 0 Å². The van der Waals surface area contributed by atoms with Gasteiger partial charge in [-0.1, -0.05) is 18.2 Å². The molecule has 0 aliphatic rings. The highest BCUT2D eigenvalue weighted by Crippen LogP contribution is 2.19. The van der Waals surface area contributed by atoms with Gasteiger partial charge in [0.1, 0.15) is 6.04 Å². The van der Waals surface area contributed by atoms with Crippen molar-refractivity contribution in [2.45, 2.75) is 31.3 Å². The maximum Gasteiger partial charge on any atom is 0.326 e. The molecule has 0 aliphatic heterocycles. The molecule has 7 N–H and O–H groups in total. The maximum absolute atomic E-state index is 12.0. The van der Waals surface area contributed by atoms with Gasteiger partial charge in [0.15, 0.2) is 0 Å². The zero-order valence-corrected chi connectivity index (χ0v) is 13.0. The minimum atomic E-state index is -1.16. The fraction of sp³-hybridized carbons (Fsp3) is 0.312. The second kappa shape index (κ2) is 7.60. The Morgan fingerprint density at radius 2 is 1.96 bits per heavy atom. The molecule has 2 unspecified atom stereocenters. The van der Waals surface area contributed by atoms with Crippen molar-refractivity contribution in [1.82, 2.24) is 10.3 Å². The van der Waals surface area contributed by atoms with Gasteiger partial charge in [0, 0.05) is 29.9 Å². The summed E-state index contributed by atoms with van der Waals surface area (Å²) in [5, 5.41) is 12.7. The molecule has 0 radical (unpaired) electrons. The SMILES string of the molecule is NC(=O)CCC(N)C(=O)NC(Cc1c[nH]c2ccccc12)C(=O)O. The van der Waals surface area contributed by atoms with Crippen molar-refractivity contribution in [2.24, 2.45) is 11.5 Å². The summed E-state index contributed by atoms with van der Waals surface area (Å²) in [5.74, 6) is -2.34. The van der Waals surface area contributed by atoms with Crippen molar-refractivity contribution >= 4 is 28.7 Å². The van der Waals surface area contributed by atoms with Gasteiger partial charge in [-0.3, -0.25) is 9.59 Å². The Morgan fingerprint density at radius 1 is 1.25 bits per heavy atom. The minimum Gasteiger partial charge on any atom is -0.480 e. The molecule has 2 amide bonds. The van der Waals surface area contributed by atoms with Crippen LogP contribution in [-0.2, 0) is 20.8 Å². The number of aromatic nitrogens is 1. The van der Waals surface area contributed by atoms with Crippen LogP contribution in [0.4, 0.5) is 0 Å². The van der Waals surface area contributed by atoms with E-state index in [-0.39, 0.29) is 19.3 Å². The normalized spacial score (nSPS) is 13.4. The standard InChI is InChI=1S/C16H20N4O4/c17-11(5-6-14(18)21)15(22)20-13(16(23)24)7-9-8-19-12-4-2-1-3-10(9)12/h1-4,8,11,13,19H,5-7,17H2,(H2,18,21)(H,20,22)(H,23,24). The molecule has 1 aromatic carbocycles. The first-order chi connectivity index (χ1) is 11.4. The van der Waals surface area contributed by atoms with Crippen LogP contribution in [0.2, 0.25) is 0 Å². The number of amides is 2. The van der Waals surface area contributed by atoms with Crippen LogP contribution in [0.25, 0.3) is 10.9 Å². The van der Waals surface area contributed by atoms with E-state index in [2.05, 4.69) is 10.3 Å². The lowest BCUT2D eigenvalue weighted by Gasteiger charge is -2.17. The fourth-order valence-electron chi connectivity index (χ4n) is 2.43. The van der Waals surface area contributed by atoms with Crippen molar-refractivity contribution in [3.63, 3.8) is 0 Å². The summed E-state index contributed by atoms with van der Waals surface area (Å²) in [6.07, 6.45) is 1.88. The van der Waals surface area contributed by atoms with Crippen LogP contribution in [-0.4, -0.2) is 40.0 Å². The number of hydrogen-bond acceptors (Lipinski definition) is 4. The molecule has 1 heterocycles. The van der Waals surface area contributed by atoms with Crippen LogP contribution in [0.15, 0.2) is 30.5 Å². The van der Waals surface area contributed by atoms with Gasteiger partial charge < -0.3 is 26.9 Å². The number of aliphatic carboxylic acids is 1. The van der Waals surface area contributed by atoms with E-state index in [1.807, 2.05) is 24.3 Å². The summed E-state index contributed by atoms with van der Waals surface area (Å²) in [6, 6.07) is 5.39. The lowest BCUT2D eigenvalue weighted by atomic mass is 10.0. The molecule has 0 bridgehead atoms. The molecular weight excluding hydrogens is 312 g/mol. The van der Waals surface area contributed by atoms with Crippen LogP contribution in [0.5, 0.6) is 0 Å². The predicted octanol–water partition coefficient (Wildman–Crippen LogP) is -0.127. The lowest BCUT2D eigenvalue weighted by Crippen LogP contribution is -2.49. The first-order valence-electron chi connectivity index (χ1n) is 7.50. The Hall–Kier alpha value is -2.87. The Bertz CT molecular complexity index is 755. The third-order valence-corrected chi connectivity index (χ3v) is 3.75. The van der Waals surface area contributed by atoms with Crippen LogP contribution in [0.3, 0.4) is 0 Å². The number of carbonyl (C=O) groups is 3. The molecule has 2 atom stereocenters. The van der Waals surface area contributed by atoms with Crippen LogP contribution in [0, 0.1) is 0 Å². The number of nitrogens with two attached hydrogens (primary N) is 2. The average molecular weight is 332 g/mol. The molecule has 128 valence electrons. The molecule has 24 heavy (non-hydrogen) atoms. The van der Waals surface area contributed by atoms with Crippen molar-refractivity contribution in [1.29, 1.82) is 0 Å². The highest BCUT2D eigenvalue weighted by Gasteiger charge is 2.24. The van der Waals surface area contributed by atoms with E-state index in [4.69, 9.17) is 11.5 Å². The third-order valence-electron chi connectivity index (χ3n) is 3.75. The molecular formula is C16H20N4O4. The van der Waals surface area contributed by atoms with Gasteiger partial charge in [0.25, 0.3) is 0 Å². The van der Waals surface area contributed by atoms with E-state index >= 15 is 0 Å². The van der Waals surface area contributed by atoms with Crippen LogP contribution in [0.1, 0.15) is 18.4 Å². The smallest absolute Gasteiger partial charge is 0.326 e. The first-order valence-corrected chi connectivity index (χ1v) is 7.50. The summed E-state index contributed by atoms with van der Waals surface area (Å²) in [7, 11) is 0. The molecule has 0 aliphatic carbocycles. The highest BCUT2D eigenvalue weighted by molar-refractivity contribution is 5.88. The quantitative estimate of drug-likeness (QED) is 0.456. The predicted molar refractivity (Wildman–Crippen MR) is 88.0 cm³/mol. The number of benzene rings is 1. The van der Waals surface area contributed by atoms with E-state index in [0.717, 1.165) is 16.5 Å². The Balaban J connectivity index is 2.05. The number of carboxylic acid groups (broad SMARTS) is 1. The minimum absolute atomic E-state index is 0.0330. The summed E-state index contributed by atoms with van der Waals surface area (Å²) in [6.45, 7) is 0. The summed E-state index contributed by atoms with van der Waals surface area (Å²) in [4.78, 5) is 37.2. The van der Waals surface area contributed by atoms with Gasteiger partial charge >= 0.3 is 5.97 Å². The first kappa shape index (κ1) is 17.5. The number of aromatic amines is 1. The van der Waals surface area contributed by atoms with Crippen LogP contribution < -0.4 is 16.8 Å². The van der Waals surface area contributed by atoms with Gasteiger partial charge in [-0.05, 0) is 18.1 Å². The second-order valence-electron chi connectivity index (χ2n) is 5.57. The Kier molecular flexibility index (Phi) is 5.54. The monoisotopic (exact) mass is 332 g/mol. The molecule has 1 aromatic heterocycles. The second-order valence-corrected chi connectivity index (χ2v) is 5.57. The van der Waals surface area contributed by atoms with Crippen molar-refractivity contribution < 1.29 is 19.5 Å². The van der Waals surface area contributed by atoms with Gasteiger partial charge in [-0.2, -0.15) is 0 Å². The number of primary amides is 1. The Morgan fingerprint density at radius 3 is 2.62 bits per heavy atom. The zero-order valence-electron chi connectivity index (χ0n) is 13.0. The zero-order chi connectivity index (χ0) is 17.7. The number of rotatable bonds is 8. The number of fused-ring (bicyclic) bond motifs is 1. The van der Waals surface area contributed by atoms with Crippen molar-refractivity contribution in [3.8, 4) is 0 Å². The Labute approximate surface area is 138 Å². The lowest BCUT2D eigenvalue weighted by molar-refractivity contribution is -0.142. The van der Waals surface area contributed by atoms with Gasteiger partial charge in [-0.15, -0.1) is 0 Å². The number of para-hydroxylation sites is 1. The number of nitrogens with one attached hydrogen (secondary N) is 2. The number of carbonyl (C=O) groups excluding carboxylic acids is 2. The van der Waals surface area contributed by atoms with Crippen LogP contribution >= 0.6 is 0 Å². The van der Waals surface area contributed by atoms with E-state index < -0.39 is 29.9 Å². The molecule has 0 spiro atoms. The van der Waals surface area contributed by atoms with Crippen molar-refractivity contribution in [2.75, 3.05) is 0 Å². The molecule has 0 saturated heterocycles. The molecule has 8 nitrogen and oxygen atoms in total. The molecule has 2 rings (SSSR count). The highest BCUT2D eigenvalue weighted by atomic mass is 16.4. The maximum atomic E-state index is 12.0. The number of carboxylic acids is 1.